The molecule has 3 heterocycles. The van der Waals surface area contributed by atoms with E-state index in [9.17, 15) is 5.11 Å². The van der Waals surface area contributed by atoms with Gasteiger partial charge >= 0.3 is 0 Å². The fraction of sp³-hybridized carbons (Fsp3) is 0.474. The smallest absolute Gasteiger partial charge is 0.170 e. The molecule has 6 heteroatoms. The lowest BCUT2D eigenvalue weighted by Crippen LogP contribution is -2.32. The van der Waals surface area contributed by atoms with Crippen LogP contribution in [0.15, 0.2) is 30.5 Å². The molecule has 0 amide bonds. The molecule has 2 aliphatic rings. The summed E-state index contributed by atoms with van der Waals surface area (Å²) in [5.41, 5.74) is 4.87. The summed E-state index contributed by atoms with van der Waals surface area (Å²) in [6, 6.07) is 8.95. The van der Waals surface area contributed by atoms with Crippen LogP contribution in [0, 0.1) is 13.8 Å². The zero-order valence-electron chi connectivity index (χ0n) is 14.6. The van der Waals surface area contributed by atoms with Crippen molar-refractivity contribution in [2.75, 3.05) is 13.2 Å². The summed E-state index contributed by atoms with van der Waals surface area (Å²) in [5.74, 6) is 0. The van der Waals surface area contributed by atoms with E-state index < -0.39 is 0 Å². The molecule has 2 fully saturated rings. The van der Waals surface area contributed by atoms with Crippen molar-refractivity contribution in [1.29, 1.82) is 0 Å². The van der Waals surface area contributed by atoms with Gasteiger partial charge in [-0.1, -0.05) is 6.07 Å². The second kappa shape index (κ2) is 6.42. The maximum absolute atomic E-state index is 9.54. The SMILES string of the molecule is Cc1cc([C@@H]2[C@H](c3ccccn3)NC(=S)N2CCO)c(C)n1C1CC1. The summed E-state index contributed by atoms with van der Waals surface area (Å²) in [7, 11) is 0. The molecule has 0 spiro atoms. The molecule has 2 aromatic rings. The minimum atomic E-state index is -0.00611. The van der Waals surface area contributed by atoms with E-state index >= 15 is 0 Å². The Morgan fingerprint density at radius 1 is 1.32 bits per heavy atom. The summed E-state index contributed by atoms with van der Waals surface area (Å²) in [5, 5.41) is 13.7. The summed E-state index contributed by atoms with van der Waals surface area (Å²) < 4.78 is 2.46. The van der Waals surface area contributed by atoms with Crippen LogP contribution in [-0.4, -0.2) is 37.8 Å². The van der Waals surface area contributed by atoms with Gasteiger partial charge in [0.25, 0.3) is 0 Å². The molecule has 4 rings (SSSR count). The second-order valence-corrected chi connectivity index (χ2v) is 7.36. The zero-order chi connectivity index (χ0) is 17.6. The van der Waals surface area contributed by atoms with Crippen LogP contribution >= 0.6 is 12.2 Å². The van der Waals surface area contributed by atoms with Gasteiger partial charge < -0.3 is 19.9 Å². The molecule has 0 aromatic carbocycles. The van der Waals surface area contributed by atoms with Crippen molar-refractivity contribution in [3.63, 3.8) is 0 Å². The van der Waals surface area contributed by atoms with E-state index in [1.807, 2.05) is 24.4 Å². The Labute approximate surface area is 153 Å². The van der Waals surface area contributed by atoms with Crippen LogP contribution in [0.4, 0.5) is 0 Å². The second-order valence-electron chi connectivity index (χ2n) is 6.97. The first-order valence-electron chi connectivity index (χ1n) is 8.89. The third-order valence-corrected chi connectivity index (χ3v) is 5.65. The molecule has 1 aliphatic carbocycles. The molecule has 0 bridgehead atoms. The molecule has 5 nitrogen and oxygen atoms in total. The quantitative estimate of drug-likeness (QED) is 0.807. The minimum Gasteiger partial charge on any atom is -0.395 e. The topological polar surface area (TPSA) is 53.3 Å². The van der Waals surface area contributed by atoms with Gasteiger partial charge in [-0.15, -0.1) is 0 Å². The van der Waals surface area contributed by atoms with Gasteiger partial charge in [0.2, 0.25) is 0 Å². The Bertz CT molecular complexity index is 784. The first kappa shape index (κ1) is 16.5. The number of aliphatic hydroxyl groups excluding tert-OH is 1. The largest absolute Gasteiger partial charge is 0.395 e. The zero-order valence-corrected chi connectivity index (χ0v) is 15.5. The summed E-state index contributed by atoms with van der Waals surface area (Å²) in [4.78, 5) is 6.66. The van der Waals surface area contributed by atoms with Crippen LogP contribution in [0.3, 0.4) is 0 Å². The monoisotopic (exact) mass is 356 g/mol. The number of pyridine rings is 1. The third-order valence-electron chi connectivity index (χ3n) is 5.29. The number of hydrogen-bond donors (Lipinski definition) is 2. The predicted octanol–water partition coefficient (Wildman–Crippen LogP) is 2.80. The van der Waals surface area contributed by atoms with E-state index in [0.717, 1.165) is 5.69 Å². The number of rotatable bonds is 5. The number of nitrogens with one attached hydrogen (secondary N) is 1. The van der Waals surface area contributed by atoms with E-state index in [1.54, 1.807) is 0 Å². The van der Waals surface area contributed by atoms with Gasteiger partial charge in [-0.05, 0) is 62.7 Å². The molecule has 25 heavy (non-hydrogen) atoms. The molecule has 1 saturated heterocycles. The van der Waals surface area contributed by atoms with Crippen LogP contribution in [-0.2, 0) is 0 Å². The first-order chi connectivity index (χ1) is 12.1. The van der Waals surface area contributed by atoms with Gasteiger partial charge in [-0.3, -0.25) is 4.98 Å². The Hall–Kier alpha value is -1.92. The average Bonchev–Trinajstić information content (AvgIpc) is 3.33. The van der Waals surface area contributed by atoms with E-state index in [0.29, 0.717) is 17.7 Å². The Morgan fingerprint density at radius 3 is 2.76 bits per heavy atom. The number of aryl methyl sites for hydroxylation is 1. The summed E-state index contributed by atoms with van der Waals surface area (Å²) in [6.07, 6.45) is 4.35. The van der Waals surface area contributed by atoms with Crippen LogP contribution in [0.25, 0.3) is 0 Å². The number of hydrogen-bond acceptors (Lipinski definition) is 3. The van der Waals surface area contributed by atoms with Gasteiger partial charge in [-0.25, -0.2) is 0 Å². The van der Waals surface area contributed by atoms with Gasteiger partial charge in [0.1, 0.15) is 0 Å². The summed E-state index contributed by atoms with van der Waals surface area (Å²) in [6.45, 7) is 4.98. The standard InChI is InChI=1S/C19H24N4OS/c1-12-11-15(13(2)23(12)14-6-7-14)18-17(16-5-3-4-8-20-16)21-19(25)22(18)9-10-24/h3-5,8,11,14,17-18,24H,6-7,9-10H2,1-2H3,(H,21,25)/t17-,18+/m0/s1. The normalized spacial score (nSPS) is 23.2. The molecule has 132 valence electrons. The number of aliphatic hydroxyl groups is 1. The lowest BCUT2D eigenvalue weighted by Gasteiger charge is -2.27. The number of aromatic nitrogens is 2. The van der Waals surface area contributed by atoms with Crippen LogP contribution in [0.2, 0.25) is 0 Å². The average molecular weight is 356 g/mol. The molecule has 1 saturated carbocycles. The fourth-order valence-electron chi connectivity index (χ4n) is 4.09. The molecule has 1 aliphatic heterocycles. The molecule has 0 radical (unpaired) electrons. The van der Waals surface area contributed by atoms with Crippen LogP contribution in [0.5, 0.6) is 0 Å². The van der Waals surface area contributed by atoms with Crippen LogP contribution in [0.1, 0.15) is 53.6 Å². The van der Waals surface area contributed by atoms with E-state index in [-0.39, 0.29) is 18.7 Å². The maximum atomic E-state index is 9.54. The summed E-state index contributed by atoms with van der Waals surface area (Å²) >= 11 is 5.58. The van der Waals surface area contributed by atoms with Crippen LogP contribution < -0.4 is 5.32 Å². The van der Waals surface area contributed by atoms with E-state index in [4.69, 9.17) is 12.2 Å². The Kier molecular flexibility index (Phi) is 4.25. The van der Waals surface area contributed by atoms with Crippen molar-refractivity contribution in [2.45, 2.75) is 44.8 Å². The highest BCUT2D eigenvalue weighted by atomic mass is 32.1. The molecule has 0 unspecified atom stereocenters. The lowest BCUT2D eigenvalue weighted by molar-refractivity contribution is 0.222. The van der Waals surface area contributed by atoms with Gasteiger partial charge in [0, 0.05) is 30.2 Å². The minimum absolute atomic E-state index is 0.00611. The molecular formula is C19H24N4OS. The maximum Gasteiger partial charge on any atom is 0.170 e. The van der Waals surface area contributed by atoms with Crippen molar-refractivity contribution in [3.05, 3.63) is 53.1 Å². The highest BCUT2D eigenvalue weighted by Gasteiger charge is 2.41. The van der Waals surface area contributed by atoms with Crippen molar-refractivity contribution in [1.82, 2.24) is 19.8 Å². The number of thiocarbonyl (C=S) groups is 1. The first-order valence-corrected chi connectivity index (χ1v) is 9.30. The van der Waals surface area contributed by atoms with Crippen molar-refractivity contribution >= 4 is 17.3 Å². The lowest BCUT2D eigenvalue weighted by atomic mass is 9.97. The fourth-order valence-corrected chi connectivity index (χ4v) is 4.42. The molecular weight excluding hydrogens is 332 g/mol. The van der Waals surface area contributed by atoms with Gasteiger partial charge in [0.05, 0.1) is 24.4 Å². The molecule has 2 aromatic heterocycles. The van der Waals surface area contributed by atoms with E-state index in [1.165, 1.54) is 29.8 Å². The van der Waals surface area contributed by atoms with Gasteiger partial charge in [0.15, 0.2) is 5.11 Å². The third kappa shape index (κ3) is 2.83. The molecule has 2 N–H and O–H groups in total. The number of β-amino-alcohol motifs (C(OH)–C–C–N with tert-alkyl or cyclic N) is 1. The highest BCUT2D eigenvalue weighted by molar-refractivity contribution is 7.80. The highest BCUT2D eigenvalue weighted by Crippen LogP contribution is 2.44. The van der Waals surface area contributed by atoms with Gasteiger partial charge in [-0.2, -0.15) is 0 Å². The number of nitrogens with zero attached hydrogens (tertiary/aromatic N) is 3. The Morgan fingerprint density at radius 2 is 2.12 bits per heavy atom. The molecule has 2 atom stereocenters. The van der Waals surface area contributed by atoms with E-state index in [2.05, 4.69) is 39.7 Å². The van der Waals surface area contributed by atoms with Crippen molar-refractivity contribution < 1.29 is 5.11 Å². The predicted molar refractivity (Wildman–Crippen MR) is 101 cm³/mol. The van der Waals surface area contributed by atoms with Crippen molar-refractivity contribution in [3.8, 4) is 0 Å². The van der Waals surface area contributed by atoms with Crippen molar-refractivity contribution in [2.24, 2.45) is 0 Å². The Balaban J connectivity index is 1.79.